The molecule has 0 aromatic carbocycles. The van der Waals surface area contributed by atoms with Crippen molar-refractivity contribution in [3.63, 3.8) is 0 Å². The second kappa shape index (κ2) is 6.68. The van der Waals surface area contributed by atoms with Crippen molar-refractivity contribution < 1.29 is 14.7 Å². The van der Waals surface area contributed by atoms with Gasteiger partial charge in [0.1, 0.15) is 6.04 Å². The lowest BCUT2D eigenvalue weighted by molar-refractivity contribution is -0.141. The highest BCUT2D eigenvalue weighted by molar-refractivity contribution is 8.00. The van der Waals surface area contributed by atoms with Gasteiger partial charge in [0.25, 0.3) is 0 Å². The van der Waals surface area contributed by atoms with E-state index in [9.17, 15) is 9.59 Å². The van der Waals surface area contributed by atoms with E-state index in [0.29, 0.717) is 12.3 Å². The van der Waals surface area contributed by atoms with Gasteiger partial charge in [-0.2, -0.15) is 0 Å². The van der Waals surface area contributed by atoms with E-state index in [1.165, 1.54) is 16.7 Å². The molecule has 1 rings (SSSR count). The molecule has 0 saturated carbocycles. The molecule has 1 heterocycles. The van der Waals surface area contributed by atoms with Gasteiger partial charge in [-0.3, -0.25) is 4.90 Å². The van der Waals surface area contributed by atoms with E-state index < -0.39 is 12.0 Å². The van der Waals surface area contributed by atoms with Gasteiger partial charge < -0.3 is 10.4 Å². The predicted molar refractivity (Wildman–Crippen MR) is 72.6 cm³/mol. The summed E-state index contributed by atoms with van der Waals surface area (Å²) in [5, 5.41) is 11.8. The summed E-state index contributed by atoms with van der Waals surface area (Å²) >= 11 is 1.54. The number of hydrogen-bond acceptors (Lipinski definition) is 3. The van der Waals surface area contributed by atoms with Crippen LogP contribution in [0.1, 0.15) is 26.7 Å². The first-order valence-corrected chi connectivity index (χ1v) is 7.07. The highest BCUT2D eigenvalue weighted by atomic mass is 32.2. The number of carboxylic acids is 1. The molecule has 0 radical (unpaired) electrons. The monoisotopic (exact) mass is 272 g/mol. The maximum atomic E-state index is 12.0. The van der Waals surface area contributed by atoms with E-state index in [2.05, 4.69) is 11.9 Å². The standard InChI is InChI=1S/C12H20N2O3S/c1-4-5-10-14(9(7-18-10)11(15)16)12(17)13-6-8(2)3/h9-10H,2,4-7H2,1,3H3,(H,13,17)(H,15,16). The van der Waals surface area contributed by atoms with Crippen LogP contribution in [0.2, 0.25) is 0 Å². The Labute approximate surface area is 112 Å². The van der Waals surface area contributed by atoms with Crippen LogP contribution in [0.3, 0.4) is 0 Å². The lowest BCUT2D eigenvalue weighted by Gasteiger charge is -2.27. The van der Waals surface area contributed by atoms with Crippen molar-refractivity contribution >= 4 is 23.8 Å². The highest BCUT2D eigenvalue weighted by Crippen LogP contribution is 2.32. The number of thioether (sulfide) groups is 1. The van der Waals surface area contributed by atoms with Crippen molar-refractivity contribution in [1.29, 1.82) is 0 Å². The van der Waals surface area contributed by atoms with Gasteiger partial charge in [-0.15, -0.1) is 11.8 Å². The number of hydrogen-bond donors (Lipinski definition) is 2. The number of amides is 2. The summed E-state index contributed by atoms with van der Waals surface area (Å²) in [4.78, 5) is 24.7. The Kier molecular flexibility index (Phi) is 5.53. The summed E-state index contributed by atoms with van der Waals surface area (Å²) in [5.41, 5.74) is 0.842. The van der Waals surface area contributed by atoms with Crippen LogP contribution in [0.25, 0.3) is 0 Å². The predicted octanol–water partition coefficient (Wildman–Crippen LogP) is 1.90. The molecular formula is C12H20N2O3S. The van der Waals surface area contributed by atoms with Crippen LogP contribution in [0.4, 0.5) is 4.79 Å². The fourth-order valence-electron chi connectivity index (χ4n) is 1.81. The van der Waals surface area contributed by atoms with Crippen LogP contribution in [0.15, 0.2) is 12.2 Å². The maximum Gasteiger partial charge on any atom is 0.327 e. The van der Waals surface area contributed by atoms with Crippen molar-refractivity contribution in [3.8, 4) is 0 Å². The second-order valence-electron chi connectivity index (χ2n) is 4.45. The molecule has 1 fully saturated rings. The van der Waals surface area contributed by atoms with Crippen LogP contribution in [-0.2, 0) is 4.79 Å². The number of urea groups is 1. The Morgan fingerprint density at radius 1 is 1.56 bits per heavy atom. The summed E-state index contributed by atoms with van der Waals surface area (Å²) in [6.45, 7) is 7.93. The molecule has 2 N–H and O–H groups in total. The average molecular weight is 272 g/mol. The van der Waals surface area contributed by atoms with Gasteiger partial charge in [-0.25, -0.2) is 9.59 Å². The van der Waals surface area contributed by atoms with Gasteiger partial charge in [0.05, 0.1) is 5.37 Å². The van der Waals surface area contributed by atoms with Gasteiger partial charge in [0.2, 0.25) is 0 Å². The number of carbonyl (C=O) groups is 2. The van der Waals surface area contributed by atoms with Gasteiger partial charge in [-0.1, -0.05) is 25.5 Å². The van der Waals surface area contributed by atoms with E-state index >= 15 is 0 Å². The van der Waals surface area contributed by atoms with Gasteiger partial charge >= 0.3 is 12.0 Å². The minimum Gasteiger partial charge on any atom is -0.480 e. The number of rotatable bonds is 5. The molecule has 0 spiro atoms. The Morgan fingerprint density at radius 3 is 2.72 bits per heavy atom. The first kappa shape index (κ1) is 14.9. The third-order valence-electron chi connectivity index (χ3n) is 2.69. The third-order valence-corrected chi connectivity index (χ3v) is 4.04. The largest absolute Gasteiger partial charge is 0.480 e. The Balaban J connectivity index is 2.72. The SMILES string of the molecule is C=C(C)CNC(=O)N1C(CCC)SCC1C(=O)O. The van der Waals surface area contributed by atoms with Crippen LogP contribution in [-0.4, -0.2) is 45.7 Å². The minimum atomic E-state index is -0.938. The molecule has 2 atom stereocenters. The zero-order valence-electron chi connectivity index (χ0n) is 10.8. The first-order chi connectivity index (χ1) is 8.47. The number of nitrogens with zero attached hydrogens (tertiary/aromatic N) is 1. The van der Waals surface area contributed by atoms with Crippen molar-refractivity contribution in [1.82, 2.24) is 10.2 Å². The summed E-state index contributed by atoms with van der Waals surface area (Å²) in [6, 6.07) is -1.04. The van der Waals surface area contributed by atoms with Crippen LogP contribution < -0.4 is 5.32 Å². The lowest BCUT2D eigenvalue weighted by atomic mass is 10.2. The number of carbonyl (C=O) groups excluding carboxylic acids is 1. The molecule has 2 unspecified atom stereocenters. The molecule has 0 aromatic heterocycles. The molecule has 1 aliphatic heterocycles. The van der Waals surface area contributed by atoms with Crippen molar-refractivity contribution in [2.45, 2.75) is 38.1 Å². The summed E-state index contributed by atoms with van der Waals surface area (Å²) < 4.78 is 0. The Hall–Kier alpha value is -1.17. The lowest BCUT2D eigenvalue weighted by Crippen LogP contribution is -2.50. The molecule has 6 heteroatoms. The van der Waals surface area contributed by atoms with Crippen LogP contribution in [0.5, 0.6) is 0 Å². The third kappa shape index (κ3) is 3.66. The van der Waals surface area contributed by atoms with E-state index in [4.69, 9.17) is 5.11 Å². The molecule has 2 amide bonds. The highest BCUT2D eigenvalue weighted by Gasteiger charge is 2.40. The second-order valence-corrected chi connectivity index (χ2v) is 5.66. The zero-order chi connectivity index (χ0) is 13.7. The van der Waals surface area contributed by atoms with Crippen molar-refractivity contribution in [3.05, 3.63) is 12.2 Å². The molecule has 0 aliphatic carbocycles. The smallest absolute Gasteiger partial charge is 0.327 e. The summed E-state index contributed by atoms with van der Waals surface area (Å²) in [5.74, 6) is -0.480. The van der Waals surface area contributed by atoms with Crippen LogP contribution in [0, 0.1) is 0 Å². The number of carboxylic acid groups (broad SMARTS) is 1. The van der Waals surface area contributed by atoms with Crippen LogP contribution >= 0.6 is 11.8 Å². The zero-order valence-corrected chi connectivity index (χ0v) is 11.6. The average Bonchev–Trinajstić information content (AvgIpc) is 2.70. The molecule has 1 saturated heterocycles. The summed E-state index contributed by atoms with van der Waals surface area (Å²) in [7, 11) is 0. The quantitative estimate of drug-likeness (QED) is 0.750. The molecule has 18 heavy (non-hydrogen) atoms. The van der Waals surface area contributed by atoms with Gasteiger partial charge in [0, 0.05) is 12.3 Å². The fraction of sp³-hybridized carbons (Fsp3) is 0.667. The normalized spacial score (nSPS) is 22.9. The number of nitrogens with one attached hydrogen (secondary N) is 1. The Morgan fingerprint density at radius 2 is 2.22 bits per heavy atom. The first-order valence-electron chi connectivity index (χ1n) is 6.02. The van der Waals surface area contributed by atoms with Crippen molar-refractivity contribution in [2.75, 3.05) is 12.3 Å². The van der Waals surface area contributed by atoms with E-state index in [-0.39, 0.29) is 11.4 Å². The van der Waals surface area contributed by atoms with E-state index in [1.54, 1.807) is 0 Å². The molecule has 102 valence electrons. The maximum absolute atomic E-state index is 12.0. The molecule has 0 aromatic rings. The molecule has 5 nitrogen and oxygen atoms in total. The van der Waals surface area contributed by atoms with E-state index in [0.717, 1.165) is 18.4 Å². The van der Waals surface area contributed by atoms with Gasteiger partial charge in [-0.05, 0) is 13.3 Å². The molecular weight excluding hydrogens is 252 g/mol. The fourth-order valence-corrected chi connectivity index (χ4v) is 3.33. The summed E-state index contributed by atoms with van der Waals surface area (Å²) in [6.07, 6.45) is 1.74. The molecule has 0 bridgehead atoms. The van der Waals surface area contributed by atoms with Gasteiger partial charge in [0.15, 0.2) is 0 Å². The van der Waals surface area contributed by atoms with Crippen molar-refractivity contribution in [2.24, 2.45) is 0 Å². The minimum absolute atomic E-state index is 0.0405. The number of aliphatic carboxylic acids is 1. The van der Waals surface area contributed by atoms with E-state index in [1.807, 2.05) is 13.8 Å². The Bertz CT molecular complexity index is 346. The molecule has 1 aliphatic rings. The topological polar surface area (TPSA) is 69.6 Å².